The molecule has 0 saturated carbocycles. The predicted molar refractivity (Wildman–Crippen MR) is 124 cm³/mol. The fourth-order valence-corrected chi connectivity index (χ4v) is 4.49. The Balaban J connectivity index is 1.54. The first kappa shape index (κ1) is 23.2. The van der Waals surface area contributed by atoms with Crippen molar-refractivity contribution in [3.05, 3.63) is 64.7 Å². The highest BCUT2D eigenvalue weighted by atomic mass is 19.1. The highest BCUT2D eigenvalue weighted by Crippen LogP contribution is 2.31. The van der Waals surface area contributed by atoms with E-state index in [1.807, 2.05) is 6.92 Å². The van der Waals surface area contributed by atoms with Crippen molar-refractivity contribution in [3.8, 4) is 11.5 Å². The minimum atomic E-state index is -0.619. The molecular formula is C26H30F2N2O3. The predicted octanol–water partition coefficient (Wildman–Crippen LogP) is 4.77. The molecule has 7 heteroatoms. The Morgan fingerprint density at radius 3 is 2.67 bits per heavy atom. The normalized spacial score (nSPS) is 18.4. The lowest BCUT2D eigenvalue weighted by molar-refractivity contribution is 0.0756. The smallest absolute Gasteiger partial charge is 0.254 e. The van der Waals surface area contributed by atoms with E-state index in [-0.39, 0.29) is 5.91 Å². The molecular weight excluding hydrogens is 426 g/mol. The summed E-state index contributed by atoms with van der Waals surface area (Å²) >= 11 is 0. The molecule has 1 amide bonds. The number of fused-ring (bicyclic) bond motifs is 1. The molecule has 1 saturated heterocycles. The monoisotopic (exact) mass is 456 g/mol. The summed E-state index contributed by atoms with van der Waals surface area (Å²) in [6.45, 7) is 4.80. The summed E-state index contributed by atoms with van der Waals surface area (Å²) < 4.78 is 38.6. The zero-order valence-electron chi connectivity index (χ0n) is 19.2. The molecule has 0 bridgehead atoms. The molecule has 1 unspecified atom stereocenters. The maximum atomic E-state index is 14.1. The lowest BCUT2D eigenvalue weighted by Gasteiger charge is -2.27. The van der Waals surface area contributed by atoms with Crippen LogP contribution in [0.4, 0.5) is 8.78 Å². The van der Waals surface area contributed by atoms with Crippen molar-refractivity contribution in [2.24, 2.45) is 0 Å². The first-order chi connectivity index (χ1) is 15.9. The Bertz CT molecular complexity index is 1040. The Morgan fingerprint density at radius 1 is 1.15 bits per heavy atom. The molecule has 1 fully saturated rings. The molecule has 1 atom stereocenters. The largest absolute Gasteiger partial charge is 0.486 e. The molecule has 0 N–H and O–H groups in total. The Morgan fingerprint density at radius 2 is 1.94 bits per heavy atom. The number of carbonyl (C=O) groups is 1. The van der Waals surface area contributed by atoms with Crippen LogP contribution in [-0.4, -0.2) is 61.6 Å². The zero-order valence-corrected chi connectivity index (χ0v) is 19.2. The van der Waals surface area contributed by atoms with E-state index < -0.39 is 11.6 Å². The average Bonchev–Trinajstić information content (AvgIpc) is 3.22. The van der Waals surface area contributed by atoms with Crippen molar-refractivity contribution in [2.75, 3.05) is 39.9 Å². The first-order valence-electron chi connectivity index (χ1n) is 11.4. The number of halogens is 2. The molecule has 2 aromatic carbocycles. The number of ether oxygens (including phenoxy) is 2. The van der Waals surface area contributed by atoms with Crippen molar-refractivity contribution in [2.45, 2.75) is 32.2 Å². The second kappa shape index (κ2) is 10.3. The third kappa shape index (κ3) is 5.71. The van der Waals surface area contributed by atoms with E-state index >= 15 is 0 Å². The summed E-state index contributed by atoms with van der Waals surface area (Å²) in [6, 6.07) is 9.20. The van der Waals surface area contributed by atoms with Crippen LogP contribution in [0.2, 0.25) is 0 Å². The quantitative estimate of drug-likeness (QED) is 0.602. The molecule has 2 aromatic rings. The van der Waals surface area contributed by atoms with Gasteiger partial charge in [-0.05, 0) is 70.1 Å². The van der Waals surface area contributed by atoms with Crippen LogP contribution in [0.1, 0.15) is 42.1 Å². The van der Waals surface area contributed by atoms with Crippen molar-refractivity contribution >= 4 is 12.0 Å². The minimum absolute atomic E-state index is 0.111. The molecule has 0 spiro atoms. The third-order valence-electron chi connectivity index (χ3n) is 6.28. The van der Waals surface area contributed by atoms with Gasteiger partial charge in [0.25, 0.3) is 5.91 Å². The summed E-state index contributed by atoms with van der Waals surface area (Å²) in [4.78, 5) is 17.6. The number of carbonyl (C=O) groups excluding carboxylic acids is 1. The Hall–Kier alpha value is -2.93. The van der Waals surface area contributed by atoms with Crippen LogP contribution in [0.15, 0.2) is 42.0 Å². The molecule has 0 aliphatic carbocycles. The fraction of sp³-hybridized carbons (Fsp3) is 0.423. The molecule has 176 valence electrons. The number of nitrogens with zero attached hydrogens (tertiary/aromatic N) is 2. The molecule has 2 aliphatic rings. The van der Waals surface area contributed by atoms with E-state index in [0.717, 1.165) is 31.0 Å². The average molecular weight is 457 g/mol. The molecule has 4 rings (SSSR count). The first-order valence-corrected chi connectivity index (χ1v) is 11.4. The van der Waals surface area contributed by atoms with Crippen LogP contribution < -0.4 is 9.47 Å². The second-order valence-corrected chi connectivity index (χ2v) is 8.81. The van der Waals surface area contributed by atoms with E-state index in [9.17, 15) is 13.6 Å². The van der Waals surface area contributed by atoms with Gasteiger partial charge in [-0.1, -0.05) is 11.6 Å². The van der Waals surface area contributed by atoms with Gasteiger partial charge in [-0.2, -0.15) is 0 Å². The summed E-state index contributed by atoms with van der Waals surface area (Å²) in [5, 5.41) is 0. The standard InChI is InChI=1S/C26H30F2N2O3/c1-18(14-19-5-7-21(27)16-23(19)28)17-30(11-9-22-4-3-10-29(22)2)26(31)20-6-8-24-25(15-20)33-13-12-32-24/h5-8,14-16,22H,3-4,9-13,17H2,1-2H3/b18-14+. The van der Waals surface area contributed by atoms with Gasteiger partial charge < -0.3 is 19.3 Å². The van der Waals surface area contributed by atoms with Crippen molar-refractivity contribution in [1.29, 1.82) is 0 Å². The van der Waals surface area contributed by atoms with Gasteiger partial charge in [0, 0.05) is 36.3 Å². The summed E-state index contributed by atoms with van der Waals surface area (Å²) in [5.74, 6) is -0.131. The molecule has 0 radical (unpaired) electrons. The van der Waals surface area contributed by atoms with Crippen LogP contribution >= 0.6 is 0 Å². The molecule has 5 nitrogen and oxygen atoms in total. The summed E-state index contributed by atoms with van der Waals surface area (Å²) in [6.07, 6.45) is 4.82. The second-order valence-electron chi connectivity index (χ2n) is 8.81. The minimum Gasteiger partial charge on any atom is -0.486 e. The lowest BCUT2D eigenvalue weighted by atomic mass is 10.1. The van der Waals surface area contributed by atoms with Gasteiger partial charge in [0.1, 0.15) is 24.8 Å². The van der Waals surface area contributed by atoms with Gasteiger partial charge in [0.05, 0.1) is 0 Å². The van der Waals surface area contributed by atoms with Gasteiger partial charge in [-0.25, -0.2) is 8.78 Å². The number of likely N-dealkylation sites (tertiary alicyclic amines) is 1. The lowest BCUT2D eigenvalue weighted by Crippen LogP contribution is -2.37. The van der Waals surface area contributed by atoms with Crippen molar-refractivity contribution in [1.82, 2.24) is 9.80 Å². The number of benzene rings is 2. The number of rotatable bonds is 7. The van der Waals surface area contributed by atoms with E-state index in [0.29, 0.717) is 55.0 Å². The van der Waals surface area contributed by atoms with E-state index in [4.69, 9.17) is 9.47 Å². The maximum absolute atomic E-state index is 14.1. The third-order valence-corrected chi connectivity index (χ3v) is 6.28. The van der Waals surface area contributed by atoms with Gasteiger partial charge in [0.15, 0.2) is 11.5 Å². The molecule has 0 aromatic heterocycles. The van der Waals surface area contributed by atoms with Crippen molar-refractivity contribution in [3.63, 3.8) is 0 Å². The molecule has 2 heterocycles. The Labute approximate surface area is 193 Å². The van der Waals surface area contributed by atoms with E-state index in [2.05, 4.69) is 11.9 Å². The van der Waals surface area contributed by atoms with Gasteiger partial charge in [-0.3, -0.25) is 4.79 Å². The van der Waals surface area contributed by atoms with Gasteiger partial charge in [0.2, 0.25) is 0 Å². The number of amides is 1. The summed E-state index contributed by atoms with van der Waals surface area (Å²) in [5.41, 5.74) is 1.64. The van der Waals surface area contributed by atoms with E-state index in [1.165, 1.54) is 18.6 Å². The summed E-state index contributed by atoms with van der Waals surface area (Å²) in [7, 11) is 2.12. The van der Waals surface area contributed by atoms with Crippen LogP contribution in [0.5, 0.6) is 11.5 Å². The topological polar surface area (TPSA) is 42.0 Å². The van der Waals surface area contributed by atoms with Crippen LogP contribution in [0.25, 0.3) is 6.08 Å². The van der Waals surface area contributed by atoms with Gasteiger partial charge in [-0.15, -0.1) is 0 Å². The SMILES string of the molecule is C/C(=C\c1ccc(F)cc1F)CN(CCC1CCCN1C)C(=O)c1ccc2c(c1)OCCO2. The molecule has 2 aliphatic heterocycles. The highest BCUT2D eigenvalue weighted by molar-refractivity contribution is 5.95. The van der Waals surface area contributed by atoms with E-state index in [1.54, 1.807) is 29.2 Å². The number of hydrogen-bond acceptors (Lipinski definition) is 4. The van der Waals surface area contributed by atoms with Crippen LogP contribution in [0, 0.1) is 11.6 Å². The van der Waals surface area contributed by atoms with Crippen molar-refractivity contribution < 1.29 is 23.0 Å². The fourth-order valence-electron chi connectivity index (χ4n) is 4.49. The Kier molecular flexibility index (Phi) is 7.28. The molecule has 33 heavy (non-hydrogen) atoms. The maximum Gasteiger partial charge on any atom is 0.254 e. The van der Waals surface area contributed by atoms with Crippen LogP contribution in [0.3, 0.4) is 0 Å². The number of hydrogen-bond donors (Lipinski definition) is 0. The van der Waals surface area contributed by atoms with Gasteiger partial charge >= 0.3 is 0 Å². The van der Waals surface area contributed by atoms with Crippen LogP contribution in [-0.2, 0) is 0 Å². The zero-order chi connectivity index (χ0) is 23.4. The highest BCUT2D eigenvalue weighted by Gasteiger charge is 2.24.